The number of methoxy groups -OCH3 is 1. The molecular weight excluding hydrogens is 302 g/mol. The molecule has 2 aromatic rings. The average Bonchev–Trinajstić information content (AvgIpc) is 3.33. The SMILES string of the molecule is CN=C(NC[C@@H](c1ccc(OC)cc1)N1CCCC1)c1ccco1. The number of amidine groups is 1. The third-order valence-corrected chi connectivity index (χ3v) is 4.52. The van der Waals surface area contributed by atoms with Crippen molar-refractivity contribution in [1.82, 2.24) is 10.2 Å². The Labute approximate surface area is 143 Å². The summed E-state index contributed by atoms with van der Waals surface area (Å²) >= 11 is 0. The van der Waals surface area contributed by atoms with E-state index in [1.165, 1.54) is 18.4 Å². The fraction of sp³-hybridized carbons (Fsp3) is 0.421. The zero-order valence-electron chi connectivity index (χ0n) is 14.4. The number of hydrogen-bond acceptors (Lipinski definition) is 4. The monoisotopic (exact) mass is 327 g/mol. The third kappa shape index (κ3) is 3.79. The first-order valence-corrected chi connectivity index (χ1v) is 8.44. The van der Waals surface area contributed by atoms with Crippen LogP contribution >= 0.6 is 0 Å². The Balaban J connectivity index is 1.74. The van der Waals surface area contributed by atoms with Crippen LogP contribution < -0.4 is 10.1 Å². The van der Waals surface area contributed by atoms with Crippen molar-refractivity contribution in [3.8, 4) is 5.75 Å². The molecule has 0 bridgehead atoms. The van der Waals surface area contributed by atoms with Crippen molar-refractivity contribution in [1.29, 1.82) is 0 Å². The molecule has 0 amide bonds. The molecule has 128 valence electrons. The highest BCUT2D eigenvalue weighted by Crippen LogP contribution is 2.26. The van der Waals surface area contributed by atoms with E-state index < -0.39 is 0 Å². The lowest BCUT2D eigenvalue weighted by atomic mass is 10.1. The smallest absolute Gasteiger partial charge is 0.168 e. The number of nitrogens with zero attached hydrogens (tertiary/aromatic N) is 2. The number of likely N-dealkylation sites (tertiary alicyclic amines) is 1. The summed E-state index contributed by atoms with van der Waals surface area (Å²) in [5.41, 5.74) is 1.29. The van der Waals surface area contributed by atoms with Crippen LogP contribution in [-0.2, 0) is 0 Å². The van der Waals surface area contributed by atoms with Gasteiger partial charge in [0.25, 0.3) is 0 Å². The molecule has 0 unspecified atom stereocenters. The number of benzene rings is 1. The fourth-order valence-corrected chi connectivity index (χ4v) is 3.22. The second-order valence-electron chi connectivity index (χ2n) is 5.96. The predicted molar refractivity (Wildman–Crippen MR) is 95.7 cm³/mol. The molecular formula is C19H25N3O2. The Morgan fingerprint density at radius 3 is 2.58 bits per heavy atom. The van der Waals surface area contributed by atoms with Crippen LogP contribution in [-0.4, -0.2) is 44.5 Å². The van der Waals surface area contributed by atoms with Gasteiger partial charge < -0.3 is 14.5 Å². The van der Waals surface area contributed by atoms with E-state index in [2.05, 4.69) is 27.3 Å². The Bertz CT molecular complexity index is 644. The minimum Gasteiger partial charge on any atom is -0.497 e. The van der Waals surface area contributed by atoms with E-state index in [1.54, 1.807) is 20.4 Å². The van der Waals surface area contributed by atoms with E-state index in [0.717, 1.165) is 37.0 Å². The second kappa shape index (κ2) is 8.02. The van der Waals surface area contributed by atoms with Gasteiger partial charge in [0.15, 0.2) is 11.6 Å². The lowest BCUT2D eigenvalue weighted by molar-refractivity contribution is 0.245. The van der Waals surface area contributed by atoms with Crippen molar-refractivity contribution in [2.75, 3.05) is 33.8 Å². The summed E-state index contributed by atoms with van der Waals surface area (Å²) < 4.78 is 10.7. The highest BCUT2D eigenvalue weighted by Gasteiger charge is 2.24. The van der Waals surface area contributed by atoms with Crippen LogP contribution in [0.15, 0.2) is 52.1 Å². The van der Waals surface area contributed by atoms with Crippen LogP contribution in [0.25, 0.3) is 0 Å². The van der Waals surface area contributed by atoms with Gasteiger partial charge in [0.1, 0.15) is 5.75 Å². The number of hydrogen-bond donors (Lipinski definition) is 1. The minimum absolute atomic E-state index is 0.310. The first-order valence-electron chi connectivity index (χ1n) is 8.44. The summed E-state index contributed by atoms with van der Waals surface area (Å²) in [6.45, 7) is 3.06. The van der Waals surface area contributed by atoms with E-state index in [1.807, 2.05) is 24.3 Å². The normalized spacial score (nSPS) is 17.0. The van der Waals surface area contributed by atoms with Gasteiger partial charge >= 0.3 is 0 Å². The maximum absolute atomic E-state index is 5.46. The van der Waals surface area contributed by atoms with E-state index >= 15 is 0 Å². The zero-order chi connectivity index (χ0) is 16.8. The molecule has 5 heteroatoms. The molecule has 1 fully saturated rings. The lowest BCUT2D eigenvalue weighted by Gasteiger charge is -2.28. The molecule has 1 atom stereocenters. The summed E-state index contributed by atoms with van der Waals surface area (Å²) in [5.74, 6) is 2.45. The summed E-state index contributed by atoms with van der Waals surface area (Å²) in [6, 6.07) is 12.5. The van der Waals surface area contributed by atoms with Crippen LogP contribution in [0.4, 0.5) is 0 Å². The largest absolute Gasteiger partial charge is 0.497 e. The lowest BCUT2D eigenvalue weighted by Crippen LogP contribution is -2.37. The van der Waals surface area contributed by atoms with Crippen molar-refractivity contribution >= 4 is 5.84 Å². The number of furan rings is 1. The highest BCUT2D eigenvalue weighted by atomic mass is 16.5. The highest BCUT2D eigenvalue weighted by molar-refractivity contribution is 5.96. The van der Waals surface area contributed by atoms with Gasteiger partial charge in [-0.25, -0.2) is 0 Å². The quantitative estimate of drug-likeness (QED) is 0.654. The molecule has 5 nitrogen and oxygen atoms in total. The summed E-state index contributed by atoms with van der Waals surface area (Å²) in [7, 11) is 3.48. The van der Waals surface area contributed by atoms with Crippen molar-refractivity contribution < 1.29 is 9.15 Å². The van der Waals surface area contributed by atoms with Crippen molar-refractivity contribution in [3.63, 3.8) is 0 Å². The van der Waals surface area contributed by atoms with Crippen molar-refractivity contribution in [2.24, 2.45) is 4.99 Å². The molecule has 1 aromatic heterocycles. The van der Waals surface area contributed by atoms with E-state index in [4.69, 9.17) is 9.15 Å². The molecule has 1 aliphatic rings. The van der Waals surface area contributed by atoms with Crippen molar-refractivity contribution in [3.05, 3.63) is 54.0 Å². The molecule has 0 saturated carbocycles. The Kier molecular flexibility index (Phi) is 5.54. The molecule has 1 aromatic carbocycles. The molecule has 1 aliphatic heterocycles. The molecule has 3 rings (SSSR count). The number of aliphatic imine (C=N–C) groups is 1. The topological polar surface area (TPSA) is 50.0 Å². The summed E-state index contributed by atoms with van der Waals surface area (Å²) in [5, 5.41) is 3.46. The van der Waals surface area contributed by atoms with Crippen LogP contribution in [0, 0.1) is 0 Å². The van der Waals surface area contributed by atoms with Crippen LogP contribution in [0.5, 0.6) is 5.75 Å². The van der Waals surface area contributed by atoms with Gasteiger partial charge in [-0.3, -0.25) is 9.89 Å². The first-order chi connectivity index (χ1) is 11.8. The van der Waals surface area contributed by atoms with Gasteiger partial charge in [-0.15, -0.1) is 0 Å². The first kappa shape index (κ1) is 16.6. The third-order valence-electron chi connectivity index (χ3n) is 4.52. The predicted octanol–water partition coefficient (Wildman–Crippen LogP) is 3.09. The number of nitrogens with one attached hydrogen (secondary N) is 1. The zero-order valence-corrected chi connectivity index (χ0v) is 14.4. The van der Waals surface area contributed by atoms with Crippen LogP contribution in [0.3, 0.4) is 0 Å². The van der Waals surface area contributed by atoms with E-state index in [-0.39, 0.29) is 0 Å². The minimum atomic E-state index is 0.310. The van der Waals surface area contributed by atoms with E-state index in [0.29, 0.717) is 6.04 Å². The fourth-order valence-electron chi connectivity index (χ4n) is 3.22. The molecule has 24 heavy (non-hydrogen) atoms. The molecule has 0 aliphatic carbocycles. The Morgan fingerprint density at radius 2 is 2.00 bits per heavy atom. The molecule has 0 radical (unpaired) electrons. The summed E-state index contributed by atoms with van der Waals surface area (Å²) in [6.07, 6.45) is 4.20. The standard InChI is InChI=1S/C19H25N3O2/c1-20-19(18-6-5-13-24-18)21-14-17(22-11-3-4-12-22)15-7-9-16(23-2)10-8-15/h5-10,13,17H,3-4,11-12,14H2,1-2H3,(H,20,21)/t17-/m0/s1. The van der Waals surface area contributed by atoms with Crippen molar-refractivity contribution in [2.45, 2.75) is 18.9 Å². The average molecular weight is 327 g/mol. The van der Waals surface area contributed by atoms with Gasteiger partial charge in [0.2, 0.25) is 0 Å². The number of ether oxygens (including phenoxy) is 1. The van der Waals surface area contributed by atoms with Gasteiger partial charge in [0.05, 0.1) is 19.4 Å². The van der Waals surface area contributed by atoms with Gasteiger partial charge in [0, 0.05) is 13.6 Å². The molecule has 1 N–H and O–H groups in total. The second-order valence-corrected chi connectivity index (χ2v) is 5.96. The maximum Gasteiger partial charge on any atom is 0.168 e. The summed E-state index contributed by atoms with van der Waals surface area (Å²) in [4.78, 5) is 6.86. The van der Waals surface area contributed by atoms with Crippen LogP contribution in [0.1, 0.15) is 30.2 Å². The van der Waals surface area contributed by atoms with E-state index in [9.17, 15) is 0 Å². The Morgan fingerprint density at radius 1 is 1.25 bits per heavy atom. The molecule has 0 spiro atoms. The molecule has 2 heterocycles. The maximum atomic E-state index is 5.46. The van der Waals surface area contributed by atoms with Crippen LogP contribution in [0.2, 0.25) is 0 Å². The van der Waals surface area contributed by atoms with Gasteiger partial charge in [-0.05, 0) is 55.8 Å². The Hall–Kier alpha value is -2.27. The number of rotatable bonds is 6. The van der Waals surface area contributed by atoms with Gasteiger partial charge in [-0.2, -0.15) is 0 Å². The van der Waals surface area contributed by atoms with Gasteiger partial charge in [-0.1, -0.05) is 12.1 Å². The molecule has 1 saturated heterocycles.